The van der Waals surface area contributed by atoms with Gasteiger partial charge in [0, 0.05) is 0 Å². The minimum atomic E-state index is 1.21. The maximum atomic E-state index is 3.87. The van der Waals surface area contributed by atoms with Crippen LogP contribution in [0.1, 0.15) is 11.1 Å². The molecule has 0 bridgehead atoms. The monoisotopic (exact) mass is 546 g/mol. The normalized spacial score (nSPS) is 11.8. The molecule has 0 saturated carbocycles. The molecule has 0 aliphatic heterocycles. The van der Waals surface area contributed by atoms with Crippen LogP contribution in [0.5, 0.6) is 0 Å². The molecule has 1 aliphatic carbocycles. The summed E-state index contributed by atoms with van der Waals surface area (Å²) in [6, 6.07) is 49.0. The van der Waals surface area contributed by atoms with Crippen molar-refractivity contribution in [3.63, 3.8) is 0 Å². The Morgan fingerprint density at radius 3 is 1.72 bits per heavy atom. The largest absolute Gasteiger partial charge is 0.0991 e. The van der Waals surface area contributed by atoms with Crippen molar-refractivity contribution in [3.05, 3.63) is 163 Å². The van der Waals surface area contributed by atoms with Crippen LogP contribution in [0.4, 0.5) is 0 Å². The molecule has 0 aromatic heterocycles. The fourth-order valence-electron chi connectivity index (χ4n) is 7.09. The van der Waals surface area contributed by atoms with Crippen molar-refractivity contribution in [2.45, 2.75) is 6.92 Å². The van der Waals surface area contributed by atoms with E-state index in [4.69, 9.17) is 0 Å². The minimum Gasteiger partial charge on any atom is -0.0991 e. The number of fused-ring (bicyclic) bond motifs is 4. The Kier molecular flexibility index (Phi) is 5.94. The molecule has 0 atom stereocenters. The fourth-order valence-corrected chi connectivity index (χ4v) is 7.09. The van der Waals surface area contributed by atoms with E-state index in [1.54, 1.807) is 0 Å². The first-order chi connectivity index (χ1) is 21.2. The van der Waals surface area contributed by atoms with Gasteiger partial charge in [0.2, 0.25) is 0 Å². The van der Waals surface area contributed by atoms with E-state index in [1.807, 2.05) is 12.2 Å². The molecule has 0 heteroatoms. The fraction of sp³-hybridized carbons (Fsp3) is 0.0233. The summed E-state index contributed by atoms with van der Waals surface area (Å²) < 4.78 is 0. The van der Waals surface area contributed by atoms with Gasteiger partial charge in [-0.3, -0.25) is 0 Å². The third-order valence-electron chi connectivity index (χ3n) is 8.95. The maximum Gasteiger partial charge on any atom is -0.000720 e. The van der Waals surface area contributed by atoms with Gasteiger partial charge in [-0.25, -0.2) is 0 Å². The molecular weight excluding hydrogens is 516 g/mol. The van der Waals surface area contributed by atoms with Crippen LogP contribution in [0.2, 0.25) is 0 Å². The van der Waals surface area contributed by atoms with E-state index in [2.05, 4.69) is 153 Å². The van der Waals surface area contributed by atoms with E-state index >= 15 is 0 Å². The Morgan fingerprint density at radius 1 is 0.488 bits per heavy atom. The van der Waals surface area contributed by atoms with Crippen LogP contribution in [0.3, 0.4) is 0 Å². The highest BCUT2D eigenvalue weighted by molar-refractivity contribution is 6.28. The minimum absolute atomic E-state index is 1.21. The molecule has 0 nitrogen and oxygen atoms in total. The highest BCUT2D eigenvalue weighted by atomic mass is 14.3. The van der Waals surface area contributed by atoms with E-state index in [-0.39, 0.29) is 0 Å². The van der Waals surface area contributed by atoms with Crippen molar-refractivity contribution in [2.75, 3.05) is 0 Å². The van der Waals surface area contributed by atoms with Gasteiger partial charge in [-0.1, -0.05) is 146 Å². The number of hydrogen-bond acceptors (Lipinski definition) is 0. The van der Waals surface area contributed by atoms with Gasteiger partial charge in [0.1, 0.15) is 0 Å². The SMILES string of the molecule is C=C/C=C\c1cccc(-c2cc3c4c(cccc4c2)-c2c-3c(-c3ccccc3)c3ccccc3c2-c2ccccc2)c1C. The molecule has 0 saturated heterocycles. The van der Waals surface area contributed by atoms with Crippen LogP contribution in [0, 0.1) is 6.92 Å². The topological polar surface area (TPSA) is 0 Å². The van der Waals surface area contributed by atoms with Crippen molar-refractivity contribution in [3.8, 4) is 55.6 Å². The predicted molar refractivity (Wildman–Crippen MR) is 186 cm³/mol. The summed E-state index contributed by atoms with van der Waals surface area (Å²) in [5.41, 5.74) is 15.4. The predicted octanol–water partition coefficient (Wildman–Crippen LogP) is 12.1. The van der Waals surface area contributed by atoms with Gasteiger partial charge in [0.05, 0.1) is 0 Å². The molecule has 0 fully saturated rings. The molecule has 1 aliphatic rings. The standard InChI is InChI=1S/C43H30/c1-3-4-15-29-20-13-24-34(28(29)2)33-26-32-21-14-25-37-39(32)38(27-33)43-41(31-18-9-6-10-19-31)36-23-12-11-22-35(36)40(42(37)43)30-16-7-5-8-17-30/h3-27H,1H2,2H3/b15-4-. The van der Waals surface area contributed by atoms with Crippen molar-refractivity contribution >= 4 is 27.6 Å². The van der Waals surface area contributed by atoms with E-state index in [0.717, 1.165) is 0 Å². The molecule has 0 spiro atoms. The zero-order valence-corrected chi connectivity index (χ0v) is 24.1. The second kappa shape index (κ2) is 10.1. The second-order valence-electron chi connectivity index (χ2n) is 11.3. The van der Waals surface area contributed by atoms with Gasteiger partial charge in [0.15, 0.2) is 0 Å². The lowest BCUT2D eigenvalue weighted by atomic mass is 9.82. The molecule has 0 N–H and O–H groups in total. The average Bonchev–Trinajstić information content (AvgIpc) is 3.38. The summed E-state index contributed by atoms with van der Waals surface area (Å²) in [7, 11) is 0. The van der Waals surface area contributed by atoms with Crippen LogP contribution in [0.15, 0.2) is 152 Å². The first-order valence-corrected chi connectivity index (χ1v) is 14.9. The molecule has 0 heterocycles. The Balaban J connectivity index is 1.54. The lowest BCUT2D eigenvalue weighted by molar-refractivity contribution is 1.44. The van der Waals surface area contributed by atoms with Crippen LogP contribution >= 0.6 is 0 Å². The number of hydrogen-bond donors (Lipinski definition) is 0. The van der Waals surface area contributed by atoms with Crippen LogP contribution in [-0.4, -0.2) is 0 Å². The third kappa shape index (κ3) is 3.91. The van der Waals surface area contributed by atoms with Crippen LogP contribution < -0.4 is 0 Å². The summed E-state index contributed by atoms with van der Waals surface area (Å²) in [4.78, 5) is 0. The lowest BCUT2D eigenvalue weighted by Crippen LogP contribution is -1.93. The maximum absolute atomic E-state index is 3.87. The quantitative estimate of drug-likeness (QED) is 0.188. The van der Waals surface area contributed by atoms with Gasteiger partial charge >= 0.3 is 0 Å². The number of benzene rings is 7. The van der Waals surface area contributed by atoms with E-state index < -0.39 is 0 Å². The molecule has 8 rings (SSSR count). The van der Waals surface area contributed by atoms with Gasteiger partial charge < -0.3 is 0 Å². The average molecular weight is 547 g/mol. The van der Waals surface area contributed by atoms with E-state index in [0.29, 0.717) is 0 Å². The Morgan fingerprint density at radius 2 is 1.07 bits per heavy atom. The number of rotatable bonds is 5. The third-order valence-corrected chi connectivity index (χ3v) is 8.95. The Hall–Kier alpha value is -5.46. The summed E-state index contributed by atoms with van der Waals surface area (Å²) >= 11 is 0. The molecule has 7 aromatic rings. The molecule has 7 aromatic carbocycles. The number of allylic oxidation sites excluding steroid dienone is 2. The second-order valence-corrected chi connectivity index (χ2v) is 11.3. The Bertz CT molecular complexity index is 2230. The summed E-state index contributed by atoms with van der Waals surface area (Å²) in [6.45, 7) is 6.09. The van der Waals surface area contributed by atoms with Crippen LogP contribution in [-0.2, 0) is 0 Å². The molecular formula is C43H30. The van der Waals surface area contributed by atoms with Crippen LogP contribution in [0.25, 0.3) is 83.3 Å². The zero-order chi connectivity index (χ0) is 28.9. The molecule has 0 unspecified atom stereocenters. The van der Waals surface area contributed by atoms with Crippen molar-refractivity contribution in [1.82, 2.24) is 0 Å². The summed E-state index contributed by atoms with van der Waals surface area (Å²) in [5, 5.41) is 5.18. The molecule has 202 valence electrons. The zero-order valence-electron chi connectivity index (χ0n) is 24.1. The highest BCUT2D eigenvalue weighted by Gasteiger charge is 2.31. The summed E-state index contributed by atoms with van der Waals surface area (Å²) in [5.74, 6) is 0. The lowest BCUT2D eigenvalue weighted by Gasteiger charge is -2.20. The Labute approximate surface area is 252 Å². The van der Waals surface area contributed by atoms with Gasteiger partial charge in [0.25, 0.3) is 0 Å². The van der Waals surface area contributed by atoms with E-state index in [9.17, 15) is 0 Å². The first kappa shape index (κ1) is 25.3. The molecule has 0 radical (unpaired) electrons. The smallest absolute Gasteiger partial charge is 0.000720 e. The molecule has 43 heavy (non-hydrogen) atoms. The van der Waals surface area contributed by atoms with Crippen molar-refractivity contribution in [1.29, 1.82) is 0 Å². The van der Waals surface area contributed by atoms with Gasteiger partial charge in [-0.2, -0.15) is 0 Å². The van der Waals surface area contributed by atoms with Crippen molar-refractivity contribution in [2.24, 2.45) is 0 Å². The summed E-state index contributed by atoms with van der Waals surface area (Å²) in [6.07, 6.45) is 5.99. The molecule has 0 amide bonds. The van der Waals surface area contributed by atoms with E-state index in [1.165, 1.54) is 88.3 Å². The first-order valence-electron chi connectivity index (χ1n) is 14.9. The van der Waals surface area contributed by atoms with Gasteiger partial charge in [-0.15, -0.1) is 0 Å². The van der Waals surface area contributed by atoms with Gasteiger partial charge in [-0.05, 0) is 107 Å². The highest BCUT2D eigenvalue weighted by Crippen LogP contribution is 2.58. The van der Waals surface area contributed by atoms with Crippen molar-refractivity contribution < 1.29 is 0 Å².